The van der Waals surface area contributed by atoms with E-state index in [9.17, 15) is 4.91 Å². The quantitative estimate of drug-likeness (QED) is 0.230. The first-order valence-corrected chi connectivity index (χ1v) is 1.67. The Hall–Kier alpha value is -1.30. The van der Waals surface area contributed by atoms with Crippen LogP contribution < -0.4 is 5.48 Å². The summed E-state index contributed by atoms with van der Waals surface area (Å²) in [6, 6.07) is 0. The Labute approximate surface area is 44.9 Å². The predicted octanol–water partition coefficient (Wildman–Crippen LogP) is -0.297. The molecule has 0 radical (unpaired) electrons. The molecule has 0 amide bonds. The minimum absolute atomic E-state index is 0.702. The first-order valence-electron chi connectivity index (χ1n) is 1.67. The van der Waals surface area contributed by atoms with Crippen molar-refractivity contribution in [1.29, 1.82) is 0 Å². The van der Waals surface area contributed by atoms with Crippen molar-refractivity contribution in [2.75, 3.05) is 0 Å². The van der Waals surface area contributed by atoms with Crippen LogP contribution in [0.2, 0.25) is 0 Å². The molecule has 44 valence electrons. The Morgan fingerprint density at radius 3 is 2.75 bits per heavy atom. The normalized spacial score (nSPS) is 10.6. The molecule has 0 aromatic rings. The third-order valence-corrected chi connectivity index (χ3v) is 0.281. The average molecular weight is 116 g/mol. The molecular formula is C2H4N4O2. The van der Waals surface area contributed by atoms with E-state index >= 15 is 0 Å². The molecule has 2 N–H and O–H groups in total. The second-order valence-corrected chi connectivity index (χ2v) is 0.710. The molecule has 0 bridgehead atoms. The van der Waals surface area contributed by atoms with Gasteiger partial charge in [0, 0.05) is 0 Å². The lowest BCUT2D eigenvalue weighted by Gasteiger charge is -1.75. The van der Waals surface area contributed by atoms with Crippen LogP contribution in [0.5, 0.6) is 0 Å². The Morgan fingerprint density at radius 1 is 1.50 bits per heavy atom. The van der Waals surface area contributed by atoms with Gasteiger partial charge in [-0.2, -0.15) is 0 Å². The molecule has 0 rings (SSSR count). The zero-order valence-corrected chi connectivity index (χ0v) is 3.85. The Kier molecular flexibility index (Phi) is 4.77. The van der Waals surface area contributed by atoms with Crippen LogP contribution in [0.1, 0.15) is 0 Å². The van der Waals surface area contributed by atoms with Gasteiger partial charge in [0.1, 0.15) is 6.34 Å². The van der Waals surface area contributed by atoms with Crippen LogP contribution in [0.4, 0.5) is 0 Å². The molecule has 0 atom stereocenters. The van der Waals surface area contributed by atoms with E-state index in [-0.39, 0.29) is 0 Å². The average Bonchev–Trinajstić information content (AvgIpc) is 1.81. The minimum Gasteiger partial charge on any atom is -0.290 e. The maximum absolute atomic E-state index is 9.21. The molecule has 0 saturated carbocycles. The molecule has 0 aliphatic heterocycles. The fraction of sp³-hybridized carbons (Fsp3) is 0. The number of hydrogen-bond donors (Lipinski definition) is 2. The molecule has 0 fully saturated rings. The summed E-state index contributed by atoms with van der Waals surface area (Å²) in [5.41, 5.74) is 1.58. The van der Waals surface area contributed by atoms with Crippen LogP contribution in [-0.4, -0.2) is 17.9 Å². The molecule has 6 nitrogen and oxygen atoms in total. The standard InChI is InChI=1S/C2H4N4O2/c7-5-1-3-4-2-6-8/h1-2,7H,(H,3,5). The van der Waals surface area contributed by atoms with Gasteiger partial charge in [0.15, 0.2) is 6.34 Å². The van der Waals surface area contributed by atoms with Gasteiger partial charge in [0.2, 0.25) is 0 Å². The Balaban J connectivity index is 3.26. The molecule has 0 saturated heterocycles. The van der Waals surface area contributed by atoms with Crippen molar-refractivity contribution in [2.24, 2.45) is 15.4 Å². The Morgan fingerprint density at radius 2 is 2.25 bits per heavy atom. The summed E-state index contributed by atoms with van der Waals surface area (Å²) in [7, 11) is 0. The summed E-state index contributed by atoms with van der Waals surface area (Å²) >= 11 is 0. The van der Waals surface area contributed by atoms with Gasteiger partial charge >= 0.3 is 0 Å². The molecule has 0 aliphatic carbocycles. The number of hydroxylamine groups is 1. The summed E-state index contributed by atoms with van der Waals surface area (Å²) < 4.78 is 0. The fourth-order valence-electron chi connectivity index (χ4n) is 0.110. The number of nitrogens with one attached hydrogen (secondary N) is 1. The maximum atomic E-state index is 9.21. The zero-order valence-electron chi connectivity index (χ0n) is 3.85. The van der Waals surface area contributed by atoms with Crippen molar-refractivity contribution in [3.63, 3.8) is 0 Å². The van der Waals surface area contributed by atoms with Crippen molar-refractivity contribution in [2.45, 2.75) is 0 Å². The van der Waals surface area contributed by atoms with Gasteiger partial charge in [0.05, 0.1) is 0 Å². The van der Waals surface area contributed by atoms with Crippen molar-refractivity contribution in [1.82, 2.24) is 5.48 Å². The molecule has 8 heavy (non-hydrogen) atoms. The second kappa shape index (κ2) is 5.70. The summed E-state index contributed by atoms with van der Waals surface area (Å²) in [6.45, 7) is 0. The van der Waals surface area contributed by atoms with E-state index < -0.39 is 0 Å². The Bertz CT molecular complexity index is 109. The number of nitrogens with zero attached hydrogens (tertiary/aromatic N) is 3. The van der Waals surface area contributed by atoms with Gasteiger partial charge in [0.25, 0.3) is 0 Å². The van der Waals surface area contributed by atoms with Gasteiger partial charge in [-0.1, -0.05) is 0 Å². The minimum atomic E-state index is 0.702. The summed E-state index contributed by atoms with van der Waals surface area (Å²) in [5, 5.41) is 16.1. The van der Waals surface area contributed by atoms with E-state index in [1.165, 1.54) is 0 Å². The lowest BCUT2D eigenvalue weighted by atomic mass is 11.3. The van der Waals surface area contributed by atoms with Gasteiger partial charge < -0.3 is 0 Å². The zero-order chi connectivity index (χ0) is 6.24. The van der Waals surface area contributed by atoms with Crippen LogP contribution in [0.25, 0.3) is 0 Å². The van der Waals surface area contributed by atoms with Crippen molar-refractivity contribution < 1.29 is 5.21 Å². The van der Waals surface area contributed by atoms with E-state index in [4.69, 9.17) is 5.21 Å². The predicted molar refractivity (Wildman–Crippen MR) is 27.7 cm³/mol. The molecule has 0 spiro atoms. The lowest BCUT2D eigenvalue weighted by Crippen LogP contribution is -2.00. The summed E-state index contributed by atoms with van der Waals surface area (Å²) in [4.78, 5) is 9.21. The van der Waals surface area contributed by atoms with E-state index in [2.05, 4.69) is 15.4 Å². The molecular weight excluding hydrogens is 112 g/mol. The van der Waals surface area contributed by atoms with E-state index in [0.717, 1.165) is 6.34 Å². The second-order valence-electron chi connectivity index (χ2n) is 0.710. The highest BCUT2D eigenvalue weighted by Gasteiger charge is 1.60. The van der Waals surface area contributed by atoms with Gasteiger partial charge in [-0.05, 0) is 5.18 Å². The highest BCUT2D eigenvalue weighted by molar-refractivity contribution is 5.57. The van der Waals surface area contributed by atoms with Gasteiger partial charge in [-0.25, -0.2) is 0 Å². The third kappa shape index (κ3) is 4.70. The molecule has 0 aromatic carbocycles. The molecule has 0 unspecified atom stereocenters. The van der Waals surface area contributed by atoms with Crippen molar-refractivity contribution in [3.05, 3.63) is 4.91 Å². The number of hydrogen-bond acceptors (Lipinski definition) is 4. The third-order valence-electron chi connectivity index (χ3n) is 0.281. The van der Waals surface area contributed by atoms with Crippen molar-refractivity contribution in [3.8, 4) is 0 Å². The van der Waals surface area contributed by atoms with Crippen LogP contribution in [0.3, 0.4) is 0 Å². The lowest BCUT2D eigenvalue weighted by molar-refractivity contribution is 0.239. The number of nitroso groups, excluding NO2 is 1. The van der Waals surface area contributed by atoms with E-state index in [0.29, 0.717) is 6.34 Å². The molecule has 0 aromatic heterocycles. The first kappa shape index (κ1) is 6.70. The van der Waals surface area contributed by atoms with Crippen molar-refractivity contribution >= 4 is 12.7 Å². The van der Waals surface area contributed by atoms with E-state index in [1.54, 1.807) is 5.48 Å². The first-order chi connectivity index (χ1) is 3.91. The van der Waals surface area contributed by atoms with Gasteiger partial charge in [-0.15, -0.1) is 15.1 Å². The van der Waals surface area contributed by atoms with Gasteiger partial charge in [-0.3, -0.25) is 10.7 Å². The highest BCUT2D eigenvalue weighted by Crippen LogP contribution is 1.62. The SMILES string of the molecule is O=NC=NN=CNO. The van der Waals surface area contributed by atoms with Crippen LogP contribution in [0, 0.1) is 4.91 Å². The van der Waals surface area contributed by atoms with Crippen LogP contribution in [0.15, 0.2) is 15.4 Å². The van der Waals surface area contributed by atoms with Crippen LogP contribution >= 0.6 is 0 Å². The largest absolute Gasteiger partial charge is 0.290 e. The summed E-state index contributed by atoms with van der Waals surface area (Å²) in [6.07, 6.45) is 1.59. The smallest absolute Gasteiger partial charge is 0.182 e. The molecule has 0 heterocycles. The monoisotopic (exact) mass is 116 g/mol. The molecule has 0 aliphatic rings. The topological polar surface area (TPSA) is 86.4 Å². The van der Waals surface area contributed by atoms with Crippen LogP contribution in [-0.2, 0) is 0 Å². The van der Waals surface area contributed by atoms with E-state index in [1.807, 2.05) is 0 Å². The molecule has 6 heteroatoms. The highest BCUT2D eigenvalue weighted by atomic mass is 16.5. The fourth-order valence-corrected chi connectivity index (χ4v) is 0.110. The summed E-state index contributed by atoms with van der Waals surface area (Å²) in [5.74, 6) is 0. The number of rotatable bonds is 3. The maximum Gasteiger partial charge on any atom is 0.182 e.